The second-order valence-corrected chi connectivity index (χ2v) is 5.65. The molecule has 0 unspecified atom stereocenters. The third kappa shape index (κ3) is 1.49. The van der Waals surface area contributed by atoms with Crippen LogP contribution in [-0.2, 0) is 0 Å². The molecule has 2 nitrogen and oxygen atoms in total. The standard InChI is InChI=1S/C12H22N2/c1-9-5-11(6-9)14-7-10-3-2-4-13-12(10)8-14/h9-13H,2-8H2,1H3/t9?,10-,11?,12+/m0/s1. The SMILES string of the molecule is CC1CC(N2C[C@@H]3CCCN[C@@H]3C2)C1. The molecule has 1 aliphatic carbocycles. The van der Waals surface area contributed by atoms with Gasteiger partial charge in [0.1, 0.15) is 0 Å². The molecule has 0 amide bonds. The molecule has 3 aliphatic rings. The van der Waals surface area contributed by atoms with Crippen LogP contribution in [0.15, 0.2) is 0 Å². The van der Waals surface area contributed by atoms with Gasteiger partial charge in [0.25, 0.3) is 0 Å². The van der Waals surface area contributed by atoms with Gasteiger partial charge < -0.3 is 5.32 Å². The molecule has 2 atom stereocenters. The van der Waals surface area contributed by atoms with Gasteiger partial charge in [-0.1, -0.05) is 6.92 Å². The smallest absolute Gasteiger partial charge is 0.0235 e. The summed E-state index contributed by atoms with van der Waals surface area (Å²) in [6.45, 7) is 6.37. The molecule has 2 heteroatoms. The number of rotatable bonds is 1. The average molecular weight is 194 g/mol. The summed E-state index contributed by atoms with van der Waals surface area (Å²) in [7, 11) is 0. The molecule has 80 valence electrons. The van der Waals surface area contributed by atoms with Crippen LogP contribution in [0.5, 0.6) is 0 Å². The highest BCUT2D eigenvalue weighted by Gasteiger charge is 2.40. The maximum absolute atomic E-state index is 3.68. The Morgan fingerprint density at radius 1 is 1.21 bits per heavy atom. The van der Waals surface area contributed by atoms with E-state index in [-0.39, 0.29) is 0 Å². The van der Waals surface area contributed by atoms with Crippen molar-refractivity contribution in [2.24, 2.45) is 11.8 Å². The van der Waals surface area contributed by atoms with Gasteiger partial charge in [-0.3, -0.25) is 4.90 Å². The summed E-state index contributed by atoms with van der Waals surface area (Å²) < 4.78 is 0. The zero-order valence-corrected chi connectivity index (χ0v) is 9.21. The summed E-state index contributed by atoms with van der Waals surface area (Å²) in [6, 6.07) is 1.78. The lowest BCUT2D eigenvalue weighted by Gasteiger charge is -2.39. The van der Waals surface area contributed by atoms with E-state index in [4.69, 9.17) is 0 Å². The third-order valence-corrected chi connectivity index (χ3v) is 4.49. The predicted octanol–water partition coefficient (Wildman–Crippen LogP) is 1.47. The fourth-order valence-electron chi connectivity index (χ4n) is 3.54. The van der Waals surface area contributed by atoms with Gasteiger partial charge in [0.05, 0.1) is 0 Å². The quantitative estimate of drug-likeness (QED) is 0.680. The second-order valence-electron chi connectivity index (χ2n) is 5.65. The van der Waals surface area contributed by atoms with E-state index in [1.165, 1.54) is 45.3 Å². The molecule has 0 aromatic heterocycles. The lowest BCUT2D eigenvalue weighted by molar-refractivity contribution is 0.105. The Labute approximate surface area is 87.0 Å². The number of fused-ring (bicyclic) bond motifs is 1. The summed E-state index contributed by atoms with van der Waals surface area (Å²) in [6.07, 6.45) is 5.78. The number of nitrogens with one attached hydrogen (secondary N) is 1. The molecule has 2 aliphatic heterocycles. The largest absolute Gasteiger partial charge is 0.312 e. The van der Waals surface area contributed by atoms with E-state index in [0.29, 0.717) is 0 Å². The highest BCUT2D eigenvalue weighted by Crippen LogP contribution is 2.35. The van der Waals surface area contributed by atoms with Crippen LogP contribution in [0.25, 0.3) is 0 Å². The summed E-state index contributed by atoms with van der Waals surface area (Å²) in [4.78, 5) is 2.76. The first-order valence-corrected chi connectivity index (χ1v) is 6.30. The maximum atomic E-state index is 3.68. The first kappa shape index (κ1) is 9.17. The predicted molar refractivity (Wildman–Crippen MR) is 58.3 cm³/mol. The van der Waals surface area contributed by atoms with Crippen LogP contribution in [-0.4, -0.2) is 36.6 Å². The Balaban J connectivity index is 1.58. The molecule has 2 saturated heterocycles. The lowest BCUT2D eigenvalue weighted by atomic mass is 9.81. The van der Waals surface area contributed by atoms with Crippen LogP contribution in [0.1, 0.15) is 32.6 Å². The Morgan fingerprint density at radius 2 is 2.07 bits per heavy atom. The topological polar surface area (TPSA) is 15.3 Å². The molecular weight excluding hydrogens is 172 g/mol. The zero-order chi connectivity index (χ0) is 9.54. The van der Waals surface area contributed by atoms with Gasteiger partial charge >= 0.3 is 0 Å². The van der Waals surface area contributed by atoms with Crippen LogP contribution >= 0.6 is 0 Å². The van der Waals surface area contributed by atoms with Crippen molar-refractivity contribution in [1.29, 1.82) is 0 Å². The molecule has 0 aromatic rings. The molecule has 3 fully saturated rings. The van der Waals surface area contributed by atoms with E-state index in [1.54, 1.807) is 0 Å². The first-order chi connectivity index (χ1) is 6.83. The van der Waals surface area contributed by atoms with Gasteiger partial charge in [0, 0.05) is 25.2 Å². The number of likely N-dealkylation sites (tertiary alicyclic amines) is 1. The van der Waals surface area contributed by atoms with Crippen LogP contribution in [0.4, 0.5) is 0 Å². The van der Waals surface area contributed by atoms with Gasteiger partial charge in [-0.05, 0) is 44.1 Å². The van der Waals surface area contributed by atoms with E-state index in [9.17, 15) is 0 Å². The molecule has 1 saturated carbocycles. The van der Waals surface area contributed by atoms with Crippen molar-refractivity contribution in [2.75, 3.05) is 19.6 Å². The van der Waals surface area contributed by atoms with Crippen LogP contribution in [0.3, 0.4) is 0 Å². The van der Waals surface area contributed by atoms with Crippen molar-refractivity contribution in [3.8, 4) is 0 Å². The maximum Gasteiger partial charge on any atom is 0.0235 e. The molecule has 2 heterocycles. The molecular formula is C12H22N2. The number of piperidine rings is 1. The van der Waals surface area contributed by atoms with Crippen LogP contribution < -0.4 is 5.32 Å². The monoisotopic (exact) mass is 194 g/mol. The van der Waals surface area contributed by atoms with Crippen molar-refractivity contribution < 1.29 is 0 Å². The van der Waals surface area contributed by atoms with E-state index in [0.717, 1.165) is 23.9 Å². The van der Waals surface area contributed by atoms with Gasteiger partial charge in [-0.25, -0.2) is 0 Å². The Hall–Kier alpha value is -0.0800. The van der Waals surface area contributed by atoms with Crippen LogP contribution in [0.2, 0.25) is 0 Å². The molecule has 0 aromatic carbocycles. The minimum atomic E-state index is 0.833. The molecule has 1 N–H and O–H groups in total. The first-order valence-electron chi connectivity index (χ1n) is 6.30. The van der Waals surface area contributed by atoms with E-state index >= 15 is 0 Å². The third-order valence-electron chi connectivity index (χ3n) is 4.49. The normalized spacial score (nSPS) is 48.6. The summed E-state index contributed by atoms with van der Waals surface area (Å²) >= 11 is 0. The fourth-order valence-corrected chi connectivity index (χ4v) is 3.54. The van der Waals surface area contributed by atoms with Crippen molar-refractivity contribution in [3.63, 3.8) is 0 Å². The Bertz CT molecular complexity index is 196. The van der Waals surface area contributed by atoms with Gasteiger partial charge in [-0.15, -0.1) is 0 Å². The lowest BCUT2D eigenvalue weighted by Crippen LogP contribution is -2.44. The highest BCUT2D eigenvalue weighted by atomic mass is 15.2. The summed E-state index contributed by atoms with van der Waals surface area (Å²) in [5.74, 6) is 1.97. The van der Waals surface area contributed by atoms with E-state index < -0.39 is 0 Å². The van der Waals surface area contributed by atoms with E-state index in [1.807, 2.05) is 0 Å². The van der Waals surface area contributed by atoms with Crippen molar-refractivity contribution >= 4 is 0 Å². The van der Waals surface area contributed by atoms with E-state index in [2.05, 4.69) is 17.1 Å². The molecule has 14 heavy (non-hydrogen) atoms. The van der Waals surface area contributed by atoms with Gasteiger partial charge in [0.15, 0.2) is 0 Å². The molecule has 0 spiro atoms. The molecule has 0 bridgehead atoms. The van der Waals surface area contributed by atoms with Gasteiger partial charge in [0.2, 0.25) is 0 Å². The Kier molecular flexibility index (Phi) is 2.29. The molecule has 3 rings (SSSR count). The minimum absolute atomic E-state index is 0.833. The molecule has 0 radical (unpaired) electrons. The van der Waals surface area contributed by atoms with Crippen molar-refractivity contribution in [3.05, 3.63) is 0 Å². The number of hydrogen-bond acceptors (Lipinski definition) is 2. The fraction of sp³-hybridized carbons (Fsp3) is 1.00. The second kappa shape index (κ2) is 3.49. The van der Waals surface area contributed by atoms with Crippen LogP contribution in [0, 0.1) is 11.8 Å². The van der Waals surface area contributed by atoms with Crippen molar-refractivity contribution in [2.45, 2.75) is 44.7 Å². The summed E-state index contributed by atoms with van der Waals surface area (Å²) in [5.41, 5.74) is 0. The number of hydrogen-bond donors (Lipinski definition) is 1. The average Bonchev–Trinajstić information content (AvgIpc) is 2.55. The number of nitrogens with zero attached hydrogens (tertiary/aromatic N) is 1. The van der Waals surface area contributed by atoms with Gasteiger partial charge in [-0.2, -0.15) is 0 Å². The van der Waals surface area contributed by atoms with Crippen molar-refractivity contribution in [1.82, 2.24) is 10.2 Å². The Morgan fingerprint density at radius 3 is 2.79 bits per heavy atom. The highest BCUT2D eigenvalue weighted by molar-refractivity contribution is 4.97. The summed E-state index contributed by atoms with van der Waals surface area (Å²) in [5, 5.41) is 3.68. The minimum Gasteiger partial charge on any atom is -0.312 e. The zero-order valence-electron chi connectivity index (χ0n) is 9.21.